The standard InChI is InChI=1S/C15H22F2N2/c1-11-5-7-19(8-6-12(2)18-11)10-13-9-14(16)3-4-15(13)17/h3-4,9,11-12,18H,5-8,10H2,1-2H3. The van der Waals surface area contributed by atoms with E-state index in [1.165, 1.54) is 18.2 Å². The Morgan fingerprint density at radius 3 is 2.42 bits per heavy atom. The molecule has 0 saturated carbocycles. The van der Waals surface area contributed by atoms with Gasteiger partial charge in [0.25, 0.3) is 0 Å². The van der Waals surface area contributed by atoms with E-state index in [9.17, 15) is 8.78 Å². The van der Waals surface area contributed by atoms with Gasteiger partial charge in [-0.05, 0) is 58.0 Å². The lowest BCUT2D eigenvalue weighted by Gasteiger charge is -2.31. The van der Waals surface area contributed by atoms with Gasteiger partial charge in [-0.1, -0.05) is 0 Å². The lowest BCUT2D eigenvalue weighted by atomic mass is 10.1. The minimum Gasteiger partial charge on any atom is -0.312 e. The molecule has 2 unspecified atom stereocenters. The summed E-state index contributed by atoms with van der Waals surface area (Å²) in [4.78, 5) is 2.21. The number of hydrogen-bond acceptors (Lipinski definition) is 2. The van der Waals surface area contributed by atoms with E-state index in [-0.39, 0.29) is 11.6 Å². The van der Waals surface area contributed by atoms with Crippen molar-refractivity contribution in [1.29, 1.82) is 0 Å². The molecule has 1 aromatic carbocycles. The first-order valence-corrected chi connectivity index (χ1v) is 6.97. The van der Waals surface area contributed by atoms with Crippen molar-refractivity contribution < 1.29 is 8.78 Å². The van der Waals surface area contributed by atoms with E-state index in [0.29, 0.717) is 24.2 Å². The maximum atomic E-state index is 13.7. The van der Waals surface area contributed by atoms with Gasteiger partial charge in [0.05, 0.1) is 0 Å². The van der Waals surface area contributed by atoms with E-state index in [2.05, 4.69) is 24.1 Å². The number of benzene rings is 1. The van der Waals surface area contributed by atoms with Crippen LogP contribution >= 0.6 is 0 Å². The van der Waals surface area contributed by atoms with Crippen LogP contribution in [0, 0.1) is 11.6 Å². The Bertz CT molecular complexity index is 411. The molecule has 1 aromatic rings. The molecule has 2 atom stereocenters. The van der Waals surface area contributed by atoms with Gasteiger partial charge in [0, 0.05) is 24.2 Å². The minimum absolute atomic E-state index is 0.317. The normalized spacial score (nSPS) is 25.9. The second-order valence-electron chi connectivity index (χ2n) is 5.56. The molecule has 1 aliphatic rings. The Morgan fingerprint density at radius 2 is 1.79 bits per heavy atom. The Balaban J connectivity index is 2.02. The lowest BCUT2D eigenvalue weighted by Crippen LogP contribution is -2.42. The maximum absolute atomic E-state index is 13.7. The van der Waals surface area contributed by atoms with Gasteiger partial charge in [-0.3, -0.25) is 4.90 Å². The molecule has 0 aromatic heterocycles. The van der Waals surface area contributed by atoms with Crippen LogP contribution in [0.1, 0.15) is 32.3 Å². The van der Waals surface area contributed by atoms with Crippen LogP contribution in [0.3, 0.4) is 0 Å². The largest absolute Gasteiger partial charge is 0.312 e. The molecule has 0 radical (unpaired) electrons. The van der Waals surface area contributed by atoms with Crippen LogP contribution in [0.2, 0.25) is 0 Å². The molecule has 1 fully saturated rings. The monoisotopic (exact) mass is 268 g/mol. The Labute approximate surface area is 113 Å². The van der Waals surface area contributed by atoms with Gasteiger partial charge < -0.3 is 5.32 Å². The number of nitrogens with one attached hydrogen (secondary N) is 1. The van der Waals surface area contributed by atoms with Crippen LogP contribution in [0.5, 0.6) is 0 Å². The molecule has 0 amide bonds. The fraction of sp³-hybridized carbons (Fsp3) is 0.600. The van der Waals surface area contributed by atoms with Crippen molar-refractivity contribution in [1.82, 2.24) is 10.2 Å². The highest BCUT2D eigenvalue weighted by atomic mass is 19.1. The van der Waals surface area contributed by atoms with Crippen LogP contribution in [-0.2, 0) is 6.54 Å². The summed E-state index contributed by atoms with van der Waals surface area (Å²) in [5.41, 5.74) is 0.453. The smallest absolute Gasteiger partial charge is 0.127 e. The summed E-state index contributed by atoms with van der Waals surface area (Å²) in [6.45, 7) is 6.66. The average molecular weight is 268 g/mol. The van der Waals surface area contributed by atoms with Gasteiger partial charge >= 0.3 is 0 Å². The van der Waals surface area contributed by atoms with Crippen LogP contribution in [0.4, 0.5) is 8.78 Å². The highest BCUT2D eigenvalue weighted by Crippen LogP contribution is 2.15. The van der Waals surface area contributed by atoms with Gasteiger partial charge in [-0.15, -0.1) is 0 Å². The Morgan fingerprint density at radius 1 is 1.16 bits per heavy atom. The average Bonchev–Trinajstić information content (AvgIpc) is 2.35. The topological polar surface area (TPSA) is 15.3 Å². The Kier molecular flexibility index (Phi) is 4.88. The van der Waals surface area contributed by atoms with Gasteiger partial charge in [-0.2, -0.15) is 0 Å². The third-order valence-corrected chi connectivity index (χ3v) is 3.73. The molecular weight excluding hydrogens is 246 g/mol. The van der Waals surface area contributed by atoms with Gasteiger partial charge in [0.2, 0.25) is 0 Å². The Hall–Kier alpha value is -1.00. The fourth-order valence-corrected chi connectivity index (χ4v) is 2.58. The molecule has 1 aliphatic heterocycles. The van der Waals surface area contributed by atoms with Crippen LogP contribution in [-0.4, -0.2) is 30.1 Å². The van der Waals surface area contributed by atoms with Gasteiger partial charge in [-0.25, -0.2) is 8.78 Å². The molecule has 4 heteroatoms. The third kappa shape index (κ3) is 4.25. The first kappa shape index (κ1) is 14.4. The van der Waals surface area contributed by atoms with Crippen LogP contribution < -0.4 is 5.32 Å². The fourth-order valence-electron chi connectivity index (χ4n) is 2.58. The van der Waals surface area contributed by atoms with E-state index < -0.39 is 0 Å². The summed E-state index contributed by atoms with van der Waals surface area (Å²) >= 11 is 0. The van der Waals surface area contributed by atoms with Crippen molar-refractivity contribution in [2.75, 3.05) is 13.1 Å². The highest BCUT2D eigenvalue weighted by molar-refractivity contribution is 5.18. The molecule has 1 N–H and O–H groups in total. The van der Waals surface area contributed by atoms with E-state index in [0.717, 1.165) is 25.9 Å². The quantitative estimate of drug-likeness (QED) is 0.887. The highest BCUT2D eigenvalue weighted by Gasteiger charge is 2.17. The number of halogens is 2. The molecule has 1 heterocycles. The summed E-state index contributed by atoms with van der Waals surface area (Å²) in [7, 11) is 0. The number of nitrogens with zero attached hydrogens (tertiary/aromatic N) is 1. The van der Waals surface area contributed by atoms with Crippen LogP contribution in [0.25, 0.3) is 0 Å². The van der Waals surface area contributed by atoms with Crippen molar-refractivity contribution in [3.05, 3.63) is 35.4 Å². The number of hydrogen-bond donors (Lipinski definition) is 1. The first-order chi connectivity index (χ1) is 9.04. The van der Waals surface area contributed by atoms with E-state index >= 15 is 0 Å². The summed E-state index contributed by atoms with van der Waals surface area (Å²) in [5, 5.41) is 3.53. The van der Waals surface area contributed by atoms with E-state index in [1.807, 2.05) is 0 Å². The summed E-state index contributed by atoms with van der Waals surface area (Å²) in [6, 6.07) is 4.62. The van der Waals surface area contributed by atoms with Gasteiger partial charge in [0.1, 0.15) is 11.6 Å². The summed E-state index contributed by atoms with van der Waals surface area (Å²) in [6.07, 6.45) is 2.06. The van der Waals surface area contributed by atoms with Crippen LogP contribution in [0.15, 0.2) is 18.2 Å². The van der Waals surface area contributed by atoms with Crippen molar-refractivity contribution in [3.8, 4) is 0 Å². The van der Waals surface area contributed by atoms with Crippen molar-refractivity contribution in [3.63, 3.8) is 0 Å². The maximum Gasteiger partial charge on any atom is 0.127 e. The third-order valence-electron chi connectivity index (χ3n) is 3.73. The second kappa shape index (κ2) is 6.44. The SMILES string of the molecule is CC1CCN(Cc2cc(F)ccc2F)CCC(C)N1. The van der Waals surface area contributed by atoms with Crippen molar-refractivity contribution in [2.45, 2.75) is 45.3 Å². The van der Waals surface area contributed by atoms with E-state index in [1.54, 1.807) is 0 Å². The zero-order chi connectivity index (χ0) is 13.8. The molecule has 0 bridgehead atoms. The predicted octanol–water partition coefficient (Wildman–Crippen LogP) is 2.93. The lowest BCUT2D eigenvalue weighted by molar-refractivity contribution is 0.209. The number of rotatable bonds is 2. The first-order valence-electron chi connectivity index (χ1n) is 6.97. The predicted molar refractivity (Wildman–Crippen MR) is 72.9 cm³/mol. The summed E-state index contributed by atoms with van der Waals surface area (Å²) < 4.78 is 26.8. The molecule has 2 rings (SSSR count). The van der Waals surface area contributed by atoms with E-state index in [4.69, 9.17) is 0 Å². The molecule has 0 aliphatic carbocycles. The molecule has 0 spiro atoms. The summed E-state index contributed by atoms with van der Waals surface area (Å²) in [5.74, 6) is -0.686. The molecular formula is C15H22F2N2. The molecule has 1 saturated heterocycles. The van der Waals surface area contributed by atoms with Crippen molar-refractivity contribution >= 4 is 0 Å². The molecule has 2 nitrogen and oxygen atoms in total. The molecule has 19 heavy (non-hydrogen) atoms. The van der Waals surface area contributed by atoms with Gasteiger partial charge in [0.15, 0.2) is 0 Å². The minimum atomic E-state index is -0.369. The zero-order valence-electron chi connectivity index (χ0n) is 11.6. The zero-order valence-corrected chi connectivity index (χ0v) is 11.6. The van der Waals surface area contributed by atoms with Crippen molar-refractivity contribution in [2.24, 2.45) is 0 Å². The molecule has 106 valence electrons. The second-order valence-corrected chi connectivity index (χ2v) is 5.56.